The van der Waals surface area contributed by atoms with Crippen LogP contribution in [0.3, 0.4) is 0 Å². The highest BCUT2D eigenvalue weighted by Crippen LogP contribution is 2.14. The van der Waals surface area contributed by atoms with Gasteiger partial charge in [-0.05, 0) is 19.8 Å². The molecule has 2 unspecified atom stereocenters. The average Bonchev–Trinajstić information content (AvgIpc) is 2.30. The molecule has 0 aromatic heterocycles. The molecule has 0 spiro atoms. The van der Waals surface area contributed by atoms with Gasteiger partial charge in [0.05, 0.1) is 6.54 Å². The van der Waals surface area contributed by atoms with Gasteiger partial charge in [-0.2, -0.15) is 0 Å². The molecule has 4 N–H and O–H groups in total. The summed E-state index contributed by atoms with van der Waals surface area (Å²) in [5.74, 6) is -0.293. The summed E-state index contributed by atoms with van der Waals surface area (Å²) in [6, 6.07) is 0.00667. The van der Waals surface area contributed by atoms with Crippen molar-refractivity contribution < 1.29 is 9.59 Å². The SMILES string of the molecule is C=CCNC(=O)NC(=O)CN1CCC(N)CC1C. The largest absolute Gasteiger partial charge is 0.334 e. The van der Waals surface area contributed by atoms with Gasteiger partial charge in [-0.3, -0.25) is 15.0 Å². The molecule has 3 amide bonds. The average molecular weight is 254 g/mol. The van der Waals surface area contributed by atoms with Gasteiger partial charge in [-0.15, -0.1) is 6.58 Å². The molecule has 0 saturated carbocycles. The molecular formula is C12H22N4O2. The Hall–Kier alpha value is -1.40. The van der Waals surface area contributed by atoms with Gasteiger partial charge < -0.3 is 11.1 Å². The molecule has 0 aliphatic carbocycles. The maximum atomic E-state index is 11.6. The van der Waals surface area contributed by atoms with Crippen molar-refractivity contribution in [3.8, 4) is 0 Å². The van der Waals surface area contributed by atoms with Gasteiger partial charge in [0.15, 0.2) is 0 Å². The van der Waals surface area contributed by atoms with Crippen LogP contribution in [0.5, 0.6) is 0 Å². The number of nitrogens with one attached hydrogen (secondary N) is 2. The van der Waals surface area contributed by atoms with Crippen molar-refractivity contribution >= 4 is 11.9 Å². The maximum absolute atomic E-state index is 11.6. The summed E-state index contributed by atoms with van der Waals surface area (Å²) in [4.78, 5) is 24.9. The fraction of sp³-hybridized carbons (Fsp3) is 0.667. The first-order chi connectivity index (χ1) is 8.52. The number of rotatable bonds is 4. The van der Waals surface area contributed by atoms with Gasteiger partial charge in [-0.1, -0.05) is 6.08 Å². The lowest BCUT2D eigenvalue weighted by molar-refractivity contribution is -0.122. The third-order valence-corrected chi connectivity index (χ3v) is 3.06. The minimum Gasteiger partial charge on any atom is -0.334 e. The molecule has 18 heavy (non-hydrogen) atoms. The van der Waals surface area contributed by atoms with Crippen LogP contribution in [-0.4, -0.2) is 48.6 Å². The number of carbonyl (C=O) groups is 2. The van der Waals surface area contributed by atoms with E-state index in [2.05, 4.69) is 17.2 Å². The number of carbonyl (C=O) groups excluding carboxylic acids is 2. The molecule has 6 heteroatoms. The zero-order valence-corrected chi connectivity index (χ0v) is 10.8. The van der Waals surface area contributed by atoms with Gasteiger partial charge in [0, 0.05) is 25.2 Å². The van der Waals surface area contributed by atoms with Gasteiger partial charge in [0.25, 0.3) is 0 Å². The number of nitrogens with two attached hydrogens (primary N) is 1. The Morgan fingerprint density at radius 2 is 2.28 bits per heavy atom. The Labute approximate surface area is 108 Å². The van der Waals surface area contributed by atoms with E-state index in [9.17, 15) is 9.59 Å². The van der Waals surface area contributed by atoms with Crippen molar-refractivity contribution in [2.75, 3.05) is 19.6 Å². The number of piperidine rings is 1. The lowest BCUT2D eigenvalue weighted by Crippen LogP contribution is -2.51. The number of amides is 3. The molecule has 2 atom stereocenters. The summed E-state index contributed by atoms with van der Waals surface area (Å²) in [5, 5.41) is 4.78. The molecule has 0 aromatic carbocycles. The standard InChI is InChI=1S/C12H22N4O2/c1-3-5-14-12(18)15-11(17)8-16-6-4-10(13)7-9(16)2/h3,9-10H,1,4-8,13H2,2H3,(H2,14,15,17,18). The van der Waals surface area contributed by atoms with E-state index in [1.807, 2.05) is 11.8 Å². The summed E-state index contributed by atoms with van der Waals surface area (Å²) < 4.78 is 0. The zero-order valence-electron chi connectivity index (χ0n) is 10.8. The Bertz CT molecular complexity index is 319. The van der Waals surface area contributed by atoms with Crippen molar-refractivity contribution in [1.29, 1.82) is 0 Å². The summed E-state index contributed by atoms with van der Waals surface area (Å²) in [5.41, 5.74) is 5.85. The molecule has 1 fully saturated rings. The van der Waals surface area contributed by atoms with E-state index >= 15 is 0 Å². The number of hydrogen-bond donors (Lipinski definition) is 3. The zero-order chi connectivity index (χ0) is 13.5. The molecule has 102 valence electrons. The van der Waals surface area contributed by atoms with Crippen molar-refractivity contribution in [2.45, 2.75) is 31.8 Å². The number of urea groups is 1. The molecule has 1 aliphatic heterocycles. The van der Waals surface area contributed by atoms with E-state index in [1.165, 1.54) is 0 Å². The lowest BCUT2D eigenvalue weighted by Gasteiger charge is -2.35. The smallest absolute Gasteiger partial charge is 0.321 e. The monoisotopic (exact) mass is 254 g/mol. The fourth-order valence-corrected chi connectivity index (χ4v) is 2.05. The molecule has 0 bridgehead atoms. The molecule has 1 heterocycles. The third kappa shape index (κ3) is 4.85. The van der Waals surface area contributed by atoms with Crippen LogP contribution in [0.25, 0.3) is 0 Å². The second-order valence-electron chi connectivity index (χ2n) is 4.65. The molecule has 1 aliphatic rings. The minimum absolute atomic E-state index is 0.218. The van der Waals surface area contributed by atoms with Crippen LogP contribution in [0.4, 0.5) is 4.79 Å². The van der Waals surface area contributed by atoms with E-state index in [0.29, 0.717) is 6.54 Å². The first-order valence-corrected chi connectivity index (χ1v) is 6.21. The summed E-state index contributed by atoms with van der Waals surface area (Å²) in [7, 11) is 0. The topological polar surface area (TPSA) is 87.5 Å². The fourth-order valence-electron chi connectivity index (χ4n) is 2.05. The van der Waals surface area contributed by atoms with Crippen LogP contribution in [0.15, 0.2) is 12.7 Å². The van der Waals surface area contributed by atoms with Gasteiger partial charge in [0.1, 0.15) is 0 Å². The molecule has 1 saturated heterocycles. The second kappa shape index (κ2) is 7.13. The first kappa shape index (κ1) is 14.7. The highest BCUT2D eigenvalue weighted by Gasteiger charge is 2.24. The van der Waals surface area contributed by atoms with E-state index in [-0.39, 0.29) is 24.5 Å². The summed E-state index contributed by atoms with van der Waals surface area (Å²) in [6.45, 7) is 6.89. The Kier molecular flexibility index (Phi) is 5.80. The molecule has 0 radical (unpaired) electrons. The van der Waals surface area contributed by atoms with E-state index in [0.717, 1.165) is 19.4 Å². The summed E-state index contributed by atoms with van der Waals surface area (Å²) in [6.07, 6.45) is 3.33. The van der Waals surface area contributed by atoms with Gasteiger partial charge in [-0.25, -0.2) is 4.79 Å². The van der Waals surface area contributed by atoms with Crippen LogP contribution in [0.1, 0.15) is 19.8 Å². The van der Waals surface area contributed by atoms with Crippen LogP contribution in [-0.2, 0) is 4.79 Å². The van der Waals surface area contributed by atoms with E-state index in [1.54, 1.807) is 6.08 Å². The first-order valence-electron chi connectivity index (χ1n) is 6.21. The number of nitrogens with zero attached hydrogens (tertiary/aromatic N) is 1. The van der Waals surface area contributed by atoms with E-state index < -0.39 is 6.03 Å². The third-order valence-electron chi connectivity index (χ3n) is 3.06. The Morgan fingerprint density at radius 1 is 1.56 bits per heavy atom. The van der Waals surface area contributed by atoms with E-state index in [4.69, 9.17) is 5.73 Å². The number of hydrogen-bond acceptors (Lipinski definition) is 4. The highest BCUT2D eigenvalue weighted by molar-refractivity contribution is 5.95. The second-order valence-corrected chi connectivity index (χ2v) is 4.65. The molecule has 6 nitrogen and oxygen atoms in total. The summed E-state index contributed by atoms with van der Waals surface area (Å²) >= 11 is 0. The van der Waals surface area contributed by atoms with Crippen molar-refractivity contribution in [3.05, 3.63) is 12.7 Å². The highest BCUT2D eigenvalue weighted by atomic mass is 16.2. The quantitative estimate of drug-likeness (QED) is 0.607. The van der Waals surface area contributed by atoms with Gasteiger partial charge >= 0.3 is 6.03 Å². The Morgan fingerprint density at radius 3 is 2.89 bits per heavy atom. The molecular weight excluding hydrogens is 232 g/mol. The predicted octanol–water partition coefficient (Wildman–Crippen LogP) is -0.190. The molecule has 0 aromatic rings. The lowest BCUT2D eigenvalue weighted by atomic mass is 9.99. The molecule has 1 rings (SSSR count). The van der Waals surface area contributed by atoms with Crippen LogP contribution < -0.4 is 16.4 Å². The minimum atomic E-state index is -0.485. The van der Waals surface area contributed by atoms with Crippen LogP contribution >= 0.6 is 0 Å². The van der Waals surface area contributed by atoms with Crippen molar-refractivity contribution in [2.24, 2.45) is 5.73 Å². The Balaban J connectivity index is 2.31. The number of likely N-dealkylation sites (tertiary alicyclic amines) is 1. The van der Waals surface area contributed by atoms with Crippen molar-refractivity contribution in [1.82, 2.24) is 15.5 Å². The van der Waals surface area contributed by atoms with Gasteiger partial charge in [0.2, 0.25) is 5.91 Å². The van der Waals surface area contributed by atoms with Crippen LogP contribution in [0, 0.1) is 0 Å². The predicted molar refractivity (Wildman–Crippen MR) is 70.0 cm³/mol. The maximum Gasteiger partial charge on any atom is 0.321 e. The van der Waals surface area contributed by atoms with Crippen molar-refractivity contribution in [3.63, 3.8) is 0 Å². The normalized spacial score (nSPS) is 24.3. The number of imide groups is 1. The van der Waals surface area contributed by atoms with Crippen LogP contribution in [0.2, 0.25) is 0 Å².